The number of carbonyl (C=O) groups is 1. The normalized spacial score (nSPS) is 26.3. The van der Waals surface area contributed by atoms with Crippen molar-refractivity contribution >= 4 is 15.9 Å². The molecule has 1 amide bonds. The van der Waals surface area contributed by atoms with Crippen molar-refractivity contribution in [3.63, 3.8) is 0 Å². The molecule has 8 heteroatoms. The Morgan fingerprint density at radius 3 is 2.46 bits per heavy atom. The van der Waals surface area contributed by atoms with Gasteiger partial charge in [0.05, 0.1) is 17.6 Å². The third kappa shape index (κ3) is 3.46. The maximum Gasteiger partial charge on any atom is 0.243 e. The van der Waals surface area contributed by atoms with Crippen molar-refractivity contribution in [1.29, 1.82) is 0 Å². The predicted molar refractivity (Wildman–Crippen MR) is 89.0 cm³/mol. The van der Waals surface area contributed by atoms with Gasteiger partial charge in [0.1, 0.15) is 6.04 Å². The highest BCUT2D eigenvalue weighted by Crippen LogP contribution is 2.18. The van der Waals surface area contributed by atoms with Crippen LogP contribution in [0.5, 0.6) is 0 Å². The van der Waals surface area contributed by atoms with Crippen LogP contribution in [0.1, 0.15) is 6.92 Å². The number of sulfonamides is 1. The van der Waals surface area contributed by atoms with Crippen LogP contribution in [0.2, 0.25) is 0 Å². The zero-order valence-corrected chi connectivity index (χ0v) is 14.5. The van der Waals surface area contributed by atoms with Gasteiger partial charge in [-0.05, 0) is 19.1 Å². The van der Waals surface area contributed by atoms with Crippen LogP contribution in [0, 0.1) is 0 Å². The van der Waals surface area contributed by atoms with Gasteiger partial charge >= 0.3 is 0 Å². The molecule has 0 radical (unpaired) electrons. The molecule has 0 bridgehead atoms. The number of piperazine rings is 1. The lowest BCUT2D eigenvalue weighted by atomic mass is 10.1. The number of hydrogen-bond donors (Lipinski definition) is 1. The molecule has 0 spiro atoms. The molecule has 24 heavy (non-hydrogen) atoms. The quantitative estimate of drug-likeness (QED) is 0.821. The Hall–Kier alpha value is -1.48. The van der Waals surface area contributed by atoms with Crippen LogP contribution in [-0.2, 0) is 19.6 Å². The minimum atomic E-state index is -3.49. The first-order chi connectivity index (χ1) is 11.5. The van der Waals surface area contributed by atoms with Gasteiger partial charge in [0.25, 0.3) is 0 Å². The number of nitrogens with one attached hydrogen (secondary N) is 1. The summed E-state index contributed by atoms with van der Waals surface area (Å²) in [5, 5.41) is 3.19. The third-order valence-corrected chi connectivity index (χ3v) is 6.43. The lowest BCUT2D eigenvalue weighted by Gasteiger charge is -2.38. The molecule has 0 saturated carbocycles. The van der Waals surface area contributed by atoms with Crippen LogP contribution in [0.25, 0.3) is 0 Å². The second kappa shape index (κ2) is 7.18. The van der Waals surface area contributed by atoms with Gasteiger partial charge < -0.3 is 15.0 Å². The summed E-state index contributed by atoms with van der Waals surface area (Å²) in [6, 6.07) is 8.05. The average molecular weight is 353 g/mol. The molecule has 2 atom stereocenters. The molecule has 3 rings (SSSR count). The van der Waals surface area contributed by atoms with Crippen molar-refractivity contribution < 1.29 is 17.9 Å². The third-order valence-electron chi connectivity index (χ3n) is 4.51. The Kier molecular flexibility index (Phi) is 5.19. The van der Waals surface area contributed by atoms with E-state index in [1.165, 1.54) is 4.31 Å². The van der Waals surface area contributed by atoms with E-state index < -0.39 is 10.0 Å². The summed E-state index contributed by atoms with van der Waals surface area (Å²) in [6.07, 6.45) is -0.169. The van der Waals surface area contributed by atoms with Crippen molar-refractivity contribution in [3.8, 4) is 0 Å². The summed E-state index contributed by atoms with van der Waals surface area (Å²) >= 11 is 0. The number of amides is 1. The largest absolute Gasteiger partial charge is 0.375 e. The molecule has 1 aromatic rings. The second-order valence-corrected chi connectivity index (χ2v) is 7.99. The van der Waals surface area contributed by atoms with E-state index in [4.69, 9.17) is 4.74 Å². The molecule has 0 aliphatic carbocycles. The van der Waals surface area contributed by atoms with E-state index in [1.807, 2.05) is 6.92 Å². The number of ether oxygens (including phenoxy) is 1. The van der Waals surface area contributed by atoms with Gasteiger partial charge in [-0.15, -0.1) is 0 Å². The van der Waals surface area contributed by atoms with Crippen LogP contribution in [0.4, 0.5) is 0 Å². The summed E-state index contributed by atoms with van der Waals surface area (Å²) in [5.41, 5.74) is 0. The van der Waals surface area contributed by atoms with Crippen molar-refractivity contribution in [2.45, 2.75) is 24.0 Å². The van der Waals surface area contributed by atoms with Crippen LogP contribution in [-0.4, -0.2) is 75.0 Å². The Morgan fingerprint density at radius 1 is 1.17 bits per heavy atom. The van der Waals surface area contributed by atoms with Gasteiger partial charge in [-0.2, -0.15) is 4.31 Å². The van der Waals surface area contributed by atoms with Crippen molar-refractivity contribution in [3.05, 3.63) is 30.3 Å². The highest BCUT2D eigenvalue weighted by molar-refractivity contribution is 7.89. The molecule has 2 saturated heterocycles. The first-order valence-electron chi connectivity index (χ1n) is 8.19. The van der Waals surface area contributed by atoms with Crippen molar-refractivity contribution in [2.75, 3.05) is 39.3 Å². The summed E-state index contributed by atoms with van der Waals surface area (Å²) in [4.78, 5) is 14.6. The minimum Gasteiger partial charge on any atom is -0.375 e. The molecule has 7 nitrogen and oxygen atoms in total. The maximum atomic E-state index is 12.6. The number of morpholine rings is 1. The standard InChI is InChI=1S/C16H23N3O4S/c1-13-15(17-7-12-23-13)16(20)18-8-10-19(11-9-18)24(21,22)14-5-3-2-4-6-14/h2-6,13,15,17H,7-12H2,1H3/t13-,15+/m1/s1. The van der Waals surface area contributed by atoms with Crippen LogP contribution in [0.15, 0.2) is 35.2 Å². The minimum absolute atomic E-state index is 0.0149. The Morgan fingerprint density at radius 2 is 1.83 bits per heavy atom. The lowest BCUT2D eigenvalue weighted by molar-refractivity contribution is -0.140. The molecule has 0 aromatic heterocycles. The fourth-order valence-electron chi connectivity index (χ4n) is 3.10. The highest BCUT2D eigenvalue weighted by atomic mass is 32.2. The number of carbonyl (C=O) groups excluding carboxylic acids is 1. The van der Waals surface area contributed by atoms with E-state index in [0.29, 0.717) is 44.2 Å². The lowest BCUT2D eigenvalue weighted by Crippen LogP contribution is -2.60. The van der Waals surface area contributed by atoms with Crippen LogP contribution >= 0.6 is 0 Å². The van der Waals surface area contributed by atoms with E-state index in [0.717, 1.165) is 0 Å². The van der Waals surface area contributed by atoms with Gasteiger partial charge in [-0.3, -0.25) is 4.79 Å². The van der Waals surface area contributed by atoms with E-state index in [9.17, 15) is 13.2 Å². The van der Waals surface area contributed by atoms with Crippen molar-refractivity contribution in [2.24, 2.45) is 0 Å². The van der Waals surface area contributed by atoms with Gasteiger partial charge in [-0.25, -0.2) is 8.42 Å². The molecule has 1 N–H and O–H groups in total. The smallest absolute Gasteiger partial charge is 0.243 e. The summed E-state index contributed by atoms with van der Waals surface area (Å²) in [6.45, 7) is 4.56. The molecule has 132 valence electrons. The molecule has 2 aliphatic heterocycles. The van der Waals surface area contributed by atoms with Gasteiger partial charge in [0.15, 0.2) is 0 Å². The fraction of sp³-hybridized carbons (Fsp3) is 0.562. The molecular formula is C16H23N3O4S. The summed E-state index contributed by atoms with van der Waals surface area (Å²) in [5.74, 6) is -0.0149. The van der Waals surface area contributed by atoms with Crippen LogP contribution < -0.4 is 5.32 Å². The first-order valence-corrected chi connectivity index (χ1v) is 9.63. The molecule has 2 aliphatic rings. The number of nitrogens with zero attached hydrogens (tertiary/aromatic N) is 2. The zero-order valence-electron chi connectivity index (χ0n) is 13.7. The fourth-order valence-corrected chi connectivity index (χ4v) is 4.54. The molecule has 2 heterocycles. The van der Waals surface area contributed by atoms with E-state index in [2.05, 4.69) is 5.32 Å². The number of benzene rings is 1. The Bertz CT molecular complexity index is 672. The maximum absolute atomic E-state index is 12.6. The van der Waals surface area contributed by atoms with E-state index >= 15 is 0 Å². The topological polar surface area (TPSA) is 79.0 Å². The Balaban J connectivity index is 1.62. The first kappa shape index (κ1) is 17.3. The molecule has 2 fully saturated rings. The molecule has 0 unspecified atom stereocenters. The van der Waals surface area contributed by atoms with Gasteiger partial charge in [0, 0.05) is 32.7 Å². The number of hydrogen-bond acceptors (Lipinski definition) is 5. The van der Waals surface area contributed by atoms with E-state index in [-0.39, 0.29) is 18.1 Å². The molecular weight excluding hydrogens is 330 g/mol. The summed E-state index contributed by atoms with van der Waals surface area (Å²) < 4.78 is 32.2. The SMILES string of the molecule is C[C@H]1OCCN[C@@H]1C(=O)N1CCN(S(=O)(=O)c2ccccc2)CC1. The highest BCUT2D eigenvalue weighted by Gasteiger charge is 2.35. The Labute approximate surface area is 142 Å². The second-order valence-electron chi connectivity index (χ2n) is 6.05. The van der Waals surface area contributed by atoms with Gasteiger partial charge in [0.2, 0.25) is 15.9 Å². The number of rotatable bonds is 3. The van der Waals surface area contributed by atoms with Crippen molar-refractivity contribution in [1.82, 2.24) is 14.5 Å². The van der Waals surface area contributed by atoms with Gasteiger partial charge in [-0.1, -0.05) is 18.2 Å². The van der Waals surface area contributed by atoms with Crippen LogP contribution in [0.3, 0.4) is 0 Å². The van der Waals surface area contributed by atoms with E-state index in [1.54, 1.807) is 35.2 Å². The average Bonchev–Trinajstić information content (AvgIpc) is 2.62. The summed E-state index contributed by atoms with van der Waals surface area (Å²) in [7, 11) is -3.49. The monoisotopic (exact) mass is 353 g/mol. The zero-order chi connectivity index (χ0) is 17.2. The predicted octanol–water partition coefficient (Wildman–Crippen LogP) is -0.104. The molecule has 1 aromatic carbocycles.